The van der Waals surface area contributed by atoms with Gasteiger partial charge in [0.1, 0.15) is 5.82 Å². The Bertz CT molecular complexity index is 874. The molecule has 0 atom stereocenters. The Morgan fingerprint density at radius 2 is 1.68 bits per heavy atom. The zero-order valence-electron chi connectivity index (χ0n) is 16.4. The van der Waals surface area contributed by atoms with Crippen molar-refractivity contribution in [2.24, 2.45) is 0 Å². The average Bonchev–Trinajstić information content (AvgIpc) is 2.73. The van der Waals surface area contributed by atoms with E-state index < -0.39 is 0 Å². The number of ether oxygens (including phenoxy) is 2. The van der Waals surface area contributed by atoms with Crippen LogP contribution in [0.25, 0.3) is 6.08 Å². The third-order valence-electron chi connectivity index (χ3n) is 4.89. The second kappa shape index (κ2) is 8.78. The van der Waals surface area contributed by atoms with Crippen molar-refractivity contribution in [1.82, 2.24) is 4.90 Å². The number of piperazine rings is 1. The normalized spacial score (nSPS) is 14.8. The molecule has 148 valence electrons. The zero-order chi connectivity index (χ0) is 20.1. The summed E-state index contributed by atoms with van der Waals surface area (Å²) < 4.78 is 24.5. The summed E-state index contributed by atoms with van der Waals surface area (Å²) in [5, 5.41) is 0. The number of halogens is 1. The van der Waals surface area contributed by atoms with Gasteiger partial charge in [0, 0.05) is 31.8 Å². The van der Waals surface area contributed by atoms with E-state index in [9.17, 15) is 9.18 Å². The van der Waals surface area contributed by atoms with Crippen molar-refractivity contribution in [3.05, 3.63) is 59.4 Å². The van der Waals surface area contributed by atoms with Gasteiger partial charge >= 0.3 is 0 Å². The highest BCUT2D eigenvalue weighted by Gasteiger charge is 2.23. The lowest BCUT2D eigenvalue weighted by atomic mass is 10.1. The van der Waals surface area contributed by atoms with Gasteiger partial charge in [-0.05, 0) is 42.8 Å². The maximum atomic E-state index is 14.0. The number of methoxy groups -OCH3 is 2. The first kappa shape index (κ1) is 19.7. The number of nitrogens with zero attached hydrogens (tertiary/aromatic N) is 2. The highest BCUT2D eigenvalue weighted by atomic mass is 19.1. The maximum Gasteiger partial charge on any atom is 0.249 e. The molecule has 0 radical (unpaired) electrons. The summed E-state index contributed by atoms with van der Waals surface area (Å²) in [6, 6.07) is 12.3. The van der Waals surface area contributed by atoms with Gasteiger partial charge in [-0.1, -0.05) is 18.2 Å². The summed E-state index contributed by atoms with van der Waals surface area (Å²) in [6.45, 7) is 4.14. The van der Waals surface area contributed by atoms with E-state index in [4.69, 9.17) is 9.47 Å². The minimum Gasteiger partial charge on any atom is -0.493 e. The van der Waals surface area contributed by atoms with Crippen molar-refractivity contribution in [2.45, 2.75) is 6.92 Å². The van der Waals surface area contributed by atoms with Crippen LogP contribution in [-0.4, -0.2) is 51.2 Å². The molecule has 2 aromatic rings. The van der Waals surface area contributed by atoms with Gasteiger partial charge in [0.25, 0.3) is 0 Å². The van der Waals surface area contributed by atoms with Crippen LogP contribution in [-0.2, 0) is 4.79 Å². The van der Waals surface area contributed by atoms with Crippen LogP contribution < -0.4 is 14.4 Å². The Labute approximate surface area is 165 Å². The Morgan fingerprint density at radius 1 is 1.00 bits per heavy atom. The van der Waals surface area contributed by atoms with Gasteiger partial charge in [-0.25, -0.2) is 4.39 Å². The summed E-state index contributed by atoms with van der Waals surface area (Å²) in [7, 11) is 3.17. The first-order valence-electron chi connectivity index (χ1n) is 9.22. The molecule has 0 spiro atoms. The van der Waals surface area contributed by atoms with Crippen molar-refractivity contribution in [3.63, 3.8) is 0 Å². The van der Waals surface area contributed by atoms with Gasteiger partial charge in [-0.3, -0.25) is 4.79 Å². The van der Waals surface area contributed by atoms with Gasteiger partial charge in [-0.15, -0.1) is 0 Å². The molecule has 0 unspecified atom stereocenters. The second-order valence-corrected chi connectivity index (χ2v) is 6.67. The average molecular weight is 384 g/mol. The number of benzene rings is 2. The Balaban J connectivity index is 1.66. The number of carbonyl (C=O) groups is 1. The molecule has 1 aliphatic heterocycles. The van der Waals surface area contributed by atoms with Crippen LogP contribution in [0.15, 0.2) is 48.0 Å². The number of rotatable bonds is 5. The van der Waals surface area contributed by atoms with E-state index in [2.05, 4.69) is 0 Å². The van der Waals surface area contributed by atoms with Crippen molar-refractivity contribution >= 4 is 17.7 Å². The van der Waals surface area contributed by atoms with E-state index >= 15 is 0 Å². The molecule has 28 heavy (non-hydrogen) atoms. The van der Waals surface area contributed by atoms with Crippen LogP contribution in [0.5, 0.6) is 11.5 Å². The fourth-order valence-corrected chi connectivity index (χ4v) is 3.36. The predicted molar refractivity (Wildman–Crippen MR) is 108 cm³/mol. The number of hydrogen-bond donors (Lipinski definition) is 0. The first-order valence-corrected chi connectivity index (χ1v) is 9.22. The number of para-hydroxylation sites is 1. The molecule has 1 saturated heterocycles. The Hall–Kier alpha value is -3.02. The standard InChI is InChI=1S/C22H25FN2O3/c1-16(14-17-8-9-20(27-2)21(15-17)28-3)22(26)25-12-10-24(11-13-25)19-7-5-4-6-18(19)23/h4-9,14-15H,10-13H2,1-3H3/b16-14+. The number of hydrogen-bond acceptors (Lipinski definition) is 4. The van der Waals surface area contributed by atoms with Crippen LogP contribution in [0, 0.1) is 5.82 Å². The Kier molecular flexibility index (Phi) is 6.19. The molecule has 0 aliphatic carbocycles. The highest BCUT2D eigenvalue weighted by Crippen LogP contribution is 2.28. The lowest BCUT2D eigenvalue weighted by Crippen LogP contribution is -2.49. The monoisotopic (exact) mass is 384 g/mol. The molecule has 1 aliphatic rings. The van der Waals surface area contributed by atoms with Gasteiger partial charge in [0.2, 0.25) is 5.91 Å². The molecule has 1 heterocycles. The third-order valence-corrected chi connectivity index (χ3v) is 4.89. The lowest BCUT2D eigenvalue weighted by molar-refractivity contribution is -0.127. The van der Waals surface area contributed by atoms with Crippen LogP contribution >= 0.6 is 0 Å². The van der Waals surface area contributed by atoms with Crippen LogP contribution in [0.3, 0.4) is 0 Å². The predicted octanol–water partition coefficient (Wildman–Crippen LogP) is 3.60. The molecule has 1 fully saturated rings. The molecule has 1 amide bonds. The lowest BCUT2D eigenvalue weighted by Gasteiger charge is -2.36. The number of amides is 1. The molecule has 0 bridgehead atoms. The van der Waals surface area contributed by atoms with E-state index in [1.807, 2.05) is 47.1 Å². The van der Waals surface area contributed by atoms with E-state index in [1.54, 1.807) is 26.4 Å². The number of anilines is 1. The van der Waals surface area contributed by atoms with Crippen LogP contribution in [0.2, 0.25) is 0 Å². The van der Waals surface area contributed by atoms with Gasteiger partial charge < -0.3 is 19.3 Å². The molecule has 5 nitrogen and oxygen atoms in total. The third kappa shape index (κ3) is 4.27. The van der Waals surface area contributed by atoms with E-state index in [1.165, 1.54) is 6.07 Å². The largest absolute Gasteiger partial charge is 0.493 e. The fraction of sp³-hybridized carbons (Fsp3) is 0.318. The molecule has 0 N–H and O–H groups in total. The van der Waals surface area contributed by atoms with E-state index in [0.717, 1.165) is 5.56 Å². The minimum atomic E-state index is -0.230. The van der Waals surface area contributed by atoms with Crippen LogP contribution in [0.1, 0.15) is 12.5 Å². The quantitative estimate of drug-likeness (QED) is 0.739. The number of carbonyl (C=O) groups excluding carboxylic acids is 1. The minimum absolute atomic E-state index is 0.0111. The van der Waals surface area contributed by atoms with E-state index in [0.29, 0.717) is 48.9 Å². The summed E-state index contributed by atoms with van der Waals surface area (Å²) in [5.74, 6) is 1.03. The molecule has 6 heteroatoms. The summed E-state index contributed by atoms with van der Waals surface area (Å²) in [6.07, 6.45) is 1.84. The molecular weight excluding hydrogens is 359 g/mol. The molecular formula is C22H25FN2O3. The smallest absolute Gasteiger partial charge is 0.249 e. The Morgan fingerprint density at radius 3 is 2.32 bits per heavy atom. The van der Waals surface area contributed by atoms with Crippen LogP contribution in [0.4, 0.5) is 10.1 Å². The first-order chi connectivity index (χ1) is 13.5. The second-order valence-electron chi connectivity index (χ2n) is 6.67. The summed E-state index contributed by atoms with van der Waals surface area (Å²) in [5.41, 5.74) is 2.10. The maximum absolute atomic E-state index is 14.0. The van der Waals surface area contributed by atoms with Crippen molar-refractivity contribution < 1.29 is 18.7 Å². The SMILES string of the molecule is COc1ccc(/C=C(\C)C(=O)N2CCN(c3ccccc3F)CC2)cc1OC. The summed E-state index contributed by atoms with van der Waals surface area (Å²) in [4.78, 5) is 16.6. The molecule has 0 aromatic heterocycles. The van der Waals surface area contributed by atoms with Gasteiger partial charge in [0.05, 0.1) is 19.9 Å². The molecule has 3 rings (SSSR count). The molecule has 2 aromatic carbocycles. The highest BCUT2D eigenvalue weighted by molar-refractivity contribution is 5.97. The fourth-order valence-electron chi connectivity index (χ4n) is 3.36. The van der Waals surface area contributed by atoms with Crippen molar-refractivity contribution in [3.8, 4) is 11.5 Å². The van der Waals surface area contributed by atoms with Gasteiger partial charge in [-0.2, -0.15) is 0 Å². The van der Waals surface area contributed by atoms with Crippen molar-refractivity contribution in [2.75, 3.05) is 45.3 Å². The topological polar surface area (TPSA) is 42.0 Å². The van der Waals surface area contributed by atoms with E-state index in [-0.39, 0.29) is 11.7 Å². The van der Waals surface area contributed by atoms with Crippen molar-refractivity contribution in [1.29, 1.82) is 0 Å². The zero-order valence-corrected chi connectivity index (χ0v) is 16.4. The van der Waals surface area contributed by atoms with Gasteiger partial charge in [0.15, 0.2) is 11.5 Å². The summed E-state index contributed by atoms with van der Waals surface area (Å²) >= 11 is 0. The molecule has 0 saturated carbocycles.